The first-order chi connectivity index (χ1) is 14.5. The van der Waals surface area contributed by atoms with Gasteiger partial charge in [0, 0.05) is 16.5 Å². The highest BCUT2D eigenvalue weighted by Crippen LogP contribution is 2.33. The van der Waals surface area contributed by atoms with Crippen LogP contribution in [-0.4, -0.2) is 31.6 Å². The molecular weight excluding hydrogens is 414 g/mol. The molecular formula is C21H16F2N2O4S. The predicted octanol–water partition coefficient (Wildman–Crippen LogP) is 4.92. The van der Waals surface area contributed by atoms with E-state index in [9.17, 15) is 18.8 Å². The van der Waals surface area contributed by atoms with Crippen LogP contribution >= 0.6 is 11.3 Å². The molecule has 0 aliphatic heterocycles. The van der Waals surface area contributed by atoms with E-state index in [-0.39, 0.29) is 17.1 Å². The summed E-state index contributed by atoms with van der Waals surface area (Å²) in [4.78, 5) is 17.3. The van der Waals surface area contributed by atoms with Crippen molar-refractivity contribution in [3.63, 3.8) is 0 Å². The van der Waals surface area contributed by atoms with Crippen LogP contribution in [0.4, 0.5) is 8.78 Å². The van der Waals surface area contributed by atoms with Crippen molar-refractivity contribution in [2.24, 2.45) is 0 Å². The van der Waals surface area contributed by atoms with Crippen LogP contribution in [0.25, 0.3) is 11.3 Å². The van der Waals surface area contributed by atoms with E-state index in [0.29, 0.717) is 16.5 Å². The second-order valence-electron chi connectivity index (χ2n) is 5.97. The number of nitrogens with zero attached hydrogens (tertiary/aromatic N) is 2. The third kappa shape index (κ3) is 4.55. The molecule has 1 atom stereocenters. The van der Waals surface area contributed by atoms with Gasteiger partial charge >= 0.3 is 6.61 Å². The zero-order valence-corrected chi connectivity index (χ0v) is 16.8. The SMILES string of the molecule is COc1ccc(-c2csc(C(C#N)C(=O)c3ccc(OC)c(OC(F)F)c3)n2)cc1. The van der Waals surface area contributed by atoms with E-state index in [2.05, 4.69) is 9.72 Å². The van der Waals surface area contributed by atoms with Crippen molar-refractivity contribution in [3.8, 4) is 34.6 Å². The average Bonchev–Trinajstić information content (AvgIpc) is 3.23. The first-order valence-corrected chi connectivity index (χ1v) is 9.51. The summed E-state index contributed by atoms with van der Waals surface area (Å²) in [6.07, 6.45) is 0. The fraction of sp³-hybridized carbons (Fsp3) is 0.190. The summed E-state index contributed by atoms with van der Waals surface area (Å²) < 4.78 is 39.8. The summed E-state index contributed by atoms with van der Waals surface area (Å²) in [5, 5.41) is 11.6. The minimum absolute atomic E-state index is 0.0409. The molecule has 9 heteroatoms. The summed E-state index contributed by atoms with van der Waals surface area (Å²) in [5.74, 6) is -1.30. The number of ketones is 1. The number of aromatic nitrogens is 1. The number of alkyl halides is 2. The van der Waals surface area contributed by atoms with Gasteiger partial charge in [-0.15, -0.1) is 11.3 Å². The molecule has 1 heterocycles. The van der Waals surface area contributed by atoms with Crippen LogP contribution in [0, 0.1) is 11.3 Å². The third-order valence-electron chi connectivity index (χ3n) is 4.21. The molecule has 1 unspecified atom stereocenters. The van der Waals surface area contributed by atoms with Crippen molar-refractivity contribution in [1.82, 2.24) is 4.98 Å². The average molecular weight is 430 g/mol. The molecule has 6 nitrogen and oxygen atoms in total. The maximum Gasteiger partial charge on any atom is 0.387 e. The molecule has 0 spiro atoms. The molecule has 3 rings (SSSR count). The topological polar surface area (TPSA) is 81.4 Å². The van der Waals surface area contributed by atoms with Crippen molar-refractivity contribution in [1.29, 1.82) is 5.26 Å². The number of benzene rings is 2. The molecule has 0 aliphatic carbocycles. The van der Waals surface area contributed by atoms with Gasteiger partial charge in [0.25, 0.3) is 0 Å². The molecule has 0 radical (unpaired) electrons. The second-order valence-corrected chi connectivity index (χ2v) is 6.86. The molecule has 0 fully saturated rings. The molecule has 0 saturated carbocycles. The van der Waals surface area contributed by atoms with Crippen molar-refractivity contribution >= 4 is 17.1 Å². The standard InChI is InChI=1S/C21H16F2N2O4S/c1-27-14-6-3-12(4-7-14)16-11-30-20(25-16)15(10-24)19(26)13-5-8-17(28-2)18(9-13)29-21(22)23/h3-9,11,15,21H,1-2H3. The number of nitriles is 1. The van der Waals surface area contributed by atoms with E-state index in [4.69, 9.17) is 9.47 Å². The smallest absolute Gasteiger partial charge is 0.387 e. The van der Waals surface area contributed by atoms with E-state index < -0.39 is 18.3 Å². The van der Waals surface area contributed by atoms with Gasteiger partial charge in [0.15, 0.2) is 23.2 Å². The highest BCUT2D eigenvalue weighted by molar-refractivity contribution is 7.10. The van der Waals surface area contributed by atoms with Crippen molar-refractivity contribution in [2.75, 3.05) is 14.2 Å². The van der Waals surface area contributed by atoms with E-state index in [0.717, 1.165) is 11.6 Å². The lowest BCUT2D eigenvalue weighted by Crippen LogP contribution is -2.12. The second kappa shape index (κ2) is 9.33. The van der Waals surface area contributed by atoms with Crippen LogP contribution in [0.2, 0.25) is 0 Å². The van der Waals surface area contributed by atoms with Crippen LogP contribution in [0.15, 0.2) is 47.8 Å². The third-order valence-corrected chi connectivity index (χ3v) is 5.12. The Morgan fingerprint density at radius 1 is 1.10 bits per heavy atom. The summed E-state index contributed by atoms with van der Waals surface area (Å²) in [5.41, 5.74) is 1.46. The van der Waals surface area contributed by atoms with E-state index in [1.807, 2.05) is 18.2 Å². The molecule has 154 valence electrons. The minimum Gasteiger partial charge on any atom is -0.497 e. The van der Waals surface area contributed by atoms with E-state index in [1.165, 1.54) is 30.6 Å². The molecule has 0 amide bonds. The Morgan fingerprint density at radius 2 is 1.83 bits per heavy atom. The Morgan fingerprint density at radius 3 is 2.43 bits per heavy atom. The molecule has 0 aliphatic rings. The normalized spacial score (nSPS) is 11.6. The van der Waals surface area contributed by atoms with Gasteiger partial charge < -0.3 is 14.2 Å². The van der Waals surface area contributed by atoms with Gasteiger partial charge in [-0.1, -0.05) is 0 Å². The quantitative estimate of drug-likeness (QED) is 0.472. The van der Waals surface area contributed by atoms with Gasteiger partial charge in [-0.25, -0.2) is 4.98 Å². The Kier molecular flexibility index (Phi) is 6.59. The van der Waals surface area contributed by atoms with Gasteiger partial charge in [0.2, 0.25) is 0 Å². The zero-order valence-electron chi connectivity index (χ0n) is 16.0. The van der Waals surface area contributed by atoms with Crippen LogP contribution in [-0.2, 0) is 0 Å². The maximum atomic E-state index is 12.9. The Balaban J connectivity index is 1.88. The highest BCUT2D eigenvalue weighted by atomic mass is 32.1. The Hall–Kier alpha value is -3.51. The number of methoxy groups -OCH3 is 2. The molecule has 0 bridgehead atoms. The number of hydrogen-bond donors (Lipinski definition) is 0. The number of Topliss-reactive ketones (excluding diaryl/α,β-unsaturated/α-hetero) is 1. The van der Waals surface area contributed by atoms with E-state index >= 15 is 0 Å². The summed E-state index contributed by atoms with van der Waals surface area (Å²) >= 11 is 1.17. The first-order valence-electron chi connectivity index (χ1n) is 8.63. The van der Waals surface area contributed by atoms with Crippen LogP contribution in [0.5, 0.6) is 17.2 Å². The fourth-order valence-corrected chi connectivity index (χ4v) is 3.59. The molecule has 30 heavy (non-hydrogen) atoms. The number of carbonyl (C=O) groups excluding carboxylic acids is 1. The van der Waals surface area contributed by atoms with Gasteiger partial charge in [0.05, 0.1) is 26.0 Å². The van der Waals surface area contributed by atoms with Gasteiger partial charge in [-0.3, -0.25) is 4.79 Å². The molecule has 0 N–H and O–H groups in total. The maximum absolute atomic E-state index is 12.9. The molecule has 0 saturated heterocycles. The number of rotatable bonds is 8. The van der Waals surface area contributed by atoms with Crippen molar-refractivity contribution in [2.45, 2.75) is 12.5 Å². The number of thiazole rings is 1. The molecule has 2 aromatic carbocycles. The van der Waals surface area contributed by atoms with Gasteiger partial charge in [-0.2, -0.15) is 14.0 Å². The number of carbonyl (C=O) groups is 1. The largest absolute Gasteiger partial charge is 0.497 e. The number of ether oxygens (including phenoxy) is 3. The van der Waals surface area contributed by atoms with Crippen LogP contribution in [0.3, 0.4) is 0 Å². The zero-order chi connectivity index (χ0) is 21.7. The van der Waals surface area contributed by atoms with E-state index in [1.54, 1.807) is 24.6 Å². The lowest BCUT2D eigenvalue weighted by atomic mass is 9.99. The Labute approximate surface area is 175 Å². The molecule has 1 aromatic heterocycles. The molecule has 3 aromatic rings. The van der Waals surface area contributed by atoms with Crippen LogP contribution < -0.4 is 14.2 Å². The fourth-order valence-electron chi connectivity index (χ4n) is 2.73. The van der Waals surface area contributed by atoms with Crippen LogP contribution in [0.1, 0.15) is 21.3 Å². The lowest BCUT2D eigenvalue weighted by molar-refractivity contribution is -0.0512. The minimum atomic E-state index is -3.08. The highest BCUT2D eigenvalue weighted by Gasteiger charge is 2.26. The summed E-state index contributed by atoms with van der Waals surface area (Å²) in [6, 6.07) is 13.0. The van der Waals surface area contributed by atoms with Gasteiger partial charge in [0.1, 0.15) is 10.8 Å². The Bertz CT molecular complexity index is 1080. The van der Waals surface area contributed by atoms with Crippen molar-refractivity contribution in [3.05, 3.63) is 58.4 Å². The monoisotopic (exact) mass is 430 g/mol. The predicted molar refractivity (Wildman–Crippen MR) is 106 cm³/mol. The van der Waals surface area contributed by atoms with Crippen molar-refractivity contribution < 1.29 is 27.8 Å². The first kappa shape index (κ1) is 21.2. The summed E-state index contributed by atoms with van der Waals surface area (Å²) in [7, 11) is 2.86. The lowest BCUT2D eigenvalue weighted by Gasteiger charge is -2.12. The number of hydrogen-bond acceptors (Lipinski definition) is 7. The number of halogens is 2. The summed E-state index contributed by atoms with van der Waals surface area (Å²) in [6.45, 7) is -3.08. The van der Waals surface area contributed by atoms with Gasteiger partial charge in [-0.05, 0) is 42.5 Å².